The van der Waals surface area contributed by atoms with Gasteiger partial charge in [-0.3, -0.25) is 9.80 Å². The fourth-order valence-electron chi connectivity index (χ4n) is 4.41. The molecule has 230 valence electrons. The summed E-state index contributed by atoms with van der Waals surface area (Å²) >= 11 is 0. The minimum absolute atomic E-state index is 0.232. The Morgan fingerprint density at radius 1 is 1.16 bits per heavy atom. The van der Waals surface area contributed by atoms with Crippen LogP contribution in [-0.2, 0) is 20.0 Å². The maximum atomic E-state index is 13.5. The Morgan fingerprint density at radius 3 is 2.42 bits per heavy atom. The van der Waals surface area contributed by atoms with Gasteiger partial charge >= 0.3 is 10.4 Å². The number of rotatable bonds is 11. The molecule has 2 aromatic carbocycles. The van der Waals surface area contributed by atoms with Gasteiger partial charge in [-0.25, -0.2) is 10.8 Å². The van der Waals surface area contributed by atoms with Gasteiger partial charge in [-0.1, -0.05) is 26.8 Å². The van der Waals surface area contributed by atoms with E-state index in [4.69, 9.17) is 16.3 Å². The van der Waals surface area contributed by atoms with E-state index in [0.717, 1.165) is 29.4 Å². The third kappa shape index (κ3) is 8.46. The number of methoxy groups -OCH3 is 1. The lowest BCUT2D eigenvalue weighted by Crippen LogP contribution is -2.27. The van der Waals surface area contributed by atoms with Gasteiger partial charge in [-0.05, 0) is 82.8 Å². The molecule has 0 spiro atoms. The first-order valence-corrected chi connectivity index (χ1v) is 15.9. The highest BCUT2D eigenvalue weighted by molar-refractivity contribution is 7.98. The molecule has 11 nitrogen and oxygen atoms in total. The predicted octanol–water partition coefficient (Wildman–Crippen LogP) is 5.34. The Labute approximate surface area is 254 Å². The predicted molar refractivity (Wildman–Crippen MR) is 175 cm³/mol. The lowest BCUT2D eigenvalue weighted by molar-refractivity contribution is 0.102. The highest BCUT2D eigenvalue weighted by Crippen LogP contribution is 2.39. The summed E-state index contributed by atoms with van der Waals surface area (Å²) in [6, 6.07) is 12.5. The molecule has 1 aliphatic carbocycles. The van der Waals surface area contributed by atoms with E-state index in [1.165, 1.54) is 31.2 Å². The van der Waals surface area contributed by atoms with Crippen molar-refractivity contribution in [1.29, 1.82) is 0 Å². The van der Waals surface area contributed by atoms with Crippen LogP contribution in [0.25, 0.3) is 5.70 Å². The molecule has 1 unspecified atom stereocenters. The number of aryl methyl sites for hydroxylation is 1. The average molecular weight is 609 g/mol. The standard InChI is InChI=1S/C31H41N7O4S/c1-19-7-10-21(13-27(19)38(33)18-24(32)22-11-12-28(35-17-22)34-16-20-8-9-20)30(39)36-25-14-23(31(2,3)4)15-26(29(25)42-5)37-43(6,40)41/h7,10-15,17-18,20H,8-9,16,32-33H2,1-6H3,(H3-,34,35,36,37,39,40,41)/p+1/b24-18-. The number of hydrogen-bond acceptors (Lipinski definition) is 8. The molecule has 0 saturated heterocycles. The lowest BCUT2D eigenvalue weighted by atomic mass is 9.86. The summed E-state index contributed by atoms with van der Waals surface area (Å²) in [5.74, 6) is 7.76. The summed E-state index contributed by atoms with van der Waals surface area (Å²) in [6.45, 7) is 8.82. The van der Waals surface area contributed by atoms with Crippen LogP contribution in [0.1, 0.15) is 60.7 Å². The Balaban J connectivity index is 1.57. The number of hydrogen-bond donors (Lipinski definition) is 6. The van der Waals surface area contributed by atoms with Gasteiger partial charge in [0.05, 0.1) is 24.2 Å². The Kier molecular flexibility index (Phi) is 9.33. The van der Waals surface area contributed by atoms with Crippen molar-refractivity contribution in [1.82, 2.24) is 4.98 Å². The topological polar surface area (TPSA) is 168 Å². The van der Waals surface area contributed by atoms with E-state index in [0.29, 0.717) is 33.9 Å². The zero-order valence-corrected chi connectivity index (χ0v) is 26.3. The van der Waals surface area contributed by atoms with Crippen molar-refractivity contribution >= 4 is 44.9 Å². The van der Waals surface area contributed by atoms with E-state index in [1.807, 2.05) is 39.8 Å². The largest absolute Gasteiger partial charge is 0.492 e. The number of aromatic nitrogens is 1. The zero-order chi connectivity index (χ0) is 31.5. The van der Waals surface area contributed by atoms with Crippen LogP contribution in [0.3, 0.4) is 0 Å². The normalized spacial score (nSPS) is 14.9. The van der Waals surface area contributed by atoms with Gasteiger partial charge in [0, 0.05) is 30.1 Å². The van der Waals surface area contributed by atoms with Gasteiger partial charge < -0.3 is 21.1 Å². The molecule has 0 aliphatic heterocycles. The minimum Gasteiger partial charge on any atom is -0.492 e. The first kappa shape index (κ1) is 31.8. The number of benzene rings is 2. The highest BCUT2D eigenvalue weighted by atomic mass is 32.3. The summed E-state index contributed by atoms with van der Waals surface area (Å²) in [5, 5.41) is 7.61. The smallest absolute Gasteiger partial charge is 0.307 e. The molecule has 1 aromatic heterocycles. The molecule has 8 N–H and O–H groups in total. The fourth-order valence-corrected chi connectivity index (χ4v) is 4.97. The molecule has 1 saturated carbocycles. The van der Waals surface area contributed by atoms with E-state index >= 15 is 0 Å². The molecular weight excluding hydrogens is 566 g/mol. The van der Waals surface area contributed by atoms with Gasteiger partial charge in [0.1, 0.15) is 11.5 Å². The van der Waals surface area contributed by atoms with Crippen LogP contribution in [0.4, 0.5) is 22.9 Å². The van der Waals surface area contributed by atoms with E-state index in [1.54, 1.807) is 42.7 Å². The van der Waals surface area contributed by atoms with Crippen LogP contribution in [0.5, 0.6) is 5.75 Å². The molecule has 43 heavy (non-hydrogen) atoms. The molecule has 1 aliphatic rings. The monoisotopic (exact) mass is 608 g/mol. The average Bonchev–Trinajstić information content (AvgIpc) is 3.75. The molecule has 0 bridgehead atoms. The van der Waals surface area contributed by atoms with E-state index in [2.05, 4.69) is 20.3 Å². The molecular formula is C31H42N7O4S+. The lowest BCUT2D eigenvalue weighted by Gasteiger charge is -2.23. The molecule has 12 heteroatoms. The summed E-state index contributed by atoms with van der Waals surface area (Å²) in [5.41, 5.74) is 10.4. The number of carbonyl (C=O) groups is 1. The summed E-state index contributed by atoms with van der Waals surface area (Å²) in [7, 11) is -1.93. The highest BCUT2D eigenvalue weighted by Gasteiger charge is 2.26. The van der Waals surface area contributed by atoms with E-state index in [9.17, 15) is 13.6 Å². The second-order valence-corrected chi connectivity index (χ2v) is 13.8. The van der Waals surface area contributed by atoms with Gasteiger partial charge in [0.25, 0.3) is 5.91 Å². The van der Waals surface area contributed by atoms with Crippen molar-refractivity contribution in [3.8, 4) is 5.75 Å². The van der Waals surface area contributed by atoms with Gasteiger partial charge in [0.2, 0.25) is 0 Å². The molecule has 3 aromatic rings. The van der Waals surface area contributed by atoms with E-state index in [-0.39, 0.29) is 11.2 Å². The molecule has 1 heterocycles. The van der Waals surface area contributed by atoms with Crippen molar-refractivity contribution in [2.45, 2.75) is 46.0 Å². The molecule has 0 radical (unpaired) electrons. The molecule has 4 rings (SSSR count). The maximum Gasteiger partial charge on any atom is 0.307 e. The number of anilines is 4. The van der Waals surface area contributed by atoms with Crippen molar-refractivity contribution in [3.63, 3.8) is 0 Å². The summed E-state index contributed by atoms with van der Waals surface area (Å²) < 4.78 is 30.3. The van der Waals surface area contributed by atoms with Gasteiger partial charge in [-0.2, -0.15) is 9.27 Å². The van der Waals surface area contributed by atoms with Crippen molar-refractivity contribution in [2.75, 3.05) is 40.3 Å². The third-order valence-corrected chi connectivity index (χ3v) is 7.70. The second-order valence-electron chi connectivity index (χ2n) is 12.0. The number of nitrogens with two attached hydrogens (primary N) is 2. The maximum absolute atomic E-state index is 13.5. The first-order valence-electron chi connectivity index (χ1n) is 14.0. The Bertz CT molecular complexity index is 1560. The number of amides is 1. The van der Waals surface area contributed by atoms with Crippen LogP contribution in [0.2, 0.25) is 0 Å². The second kappa shape index (κ2) is 12.6. The zero-order valence-electron chi connectivity index (χ0n) is 25.5. The SMILES string of the molecule is COc1c(NC(=O)c2ccc(C)c(N(N)/C=C(\N)c3ccc(NCC4CC4)nc3)c2)cc(C(C)(C)C)cc1N[S+](C)(=O)O. The molecule has 1 fully saturated rings. The fraction of sp³-hybridized carbons (Fsp3) is 0.355. The van der Waals surface area contributed by atoms with Crippen LogP contribution < -0.4 is 36.7 Å². The number of carbonyl (C=O) groups excluding carboxylic acids is 1. The van der Waals surface area contributed by atoms with Crippen LogP contribution in [0, 0.1) is 12.8 Å². The van der Waals surface area contributed by atoms with Crippen molar-refractivity contribution < 1.29 is 18.3 Å². The number of nitrogens with one attached hydrogen (secondary N) is 3. The minimum atomic E-state index is -3.36. The van der Waals surface area contributed by atoms with Crippen molar-refractivity contribution in [2.24, 2.45) is 17.5 Å². The van der Waals surface area contributed by atoms with Gasteiger partial charge in [0.15, 0.2) is 12.0 Å². The van der Waals surface area contributed by atoms with Crippen molar-refractivity contribution in [3.05, 3.63) is 77.1 Å². The van der Waals surface area contributed by atoms with Crippen LogP contribution >= 0.6 is 0 Å². The summed E-state index contributed by atoms with van der Waals surface area (Å²) in [6.07, 6.45) is 6.98. The number of nitrogens with zero attached hydrogens (tertiary/aromatic N) is 2. The summed E-state index contributed by atoms with van der Waals surface area (Å²) in [4.78, 5) is 17.9. The van der Waals surface area contributed by atoms with Crippen LogP contribution in [-0.4, -0.2) is 35.4 Å². The Hall–Kier alpha value is -4.13. The van der Waals surface area contributed by atoms with Crippen LogP contribution in [0.15, 0.2) is 54.9 Å². The molecule has 1 atom stereocenters. The van der Waals surface area contributed by atoms with Gasteiger partial charge in [-0.15, -0.1) is 0 Å². The number of ether oxygens (including phenoxy) is 1. The quantitative estimate of drug-likeness (QED) is 0.0956. The number of pyridine rings is 1. The third-order valence-electron chi connectivity index (χ3n) is 7.10. The molecule has 1 amide bonds. The first-order chi connectivity index (χ1) is 20.1. The number of hydrazine groups is 1. The van der Waals surface area contributed by atoms with E-state index < -0.39 is 16.3 Å². The Morgan fingerprint density at radius 2 is 1.84 bits per heavy atom.